The number of hydrogen-bond donors (Lipinski definition) is 0. The lowest BCUT2D eigenvalue weighted by molar-refractivity contribution is 0.0998. The number of thiazole rings is 1. The number of aromatic nitrogens is 1. The summed E-state index contributed by atoms with van der Waals surface area (Å²) in [5.74, 6) is -0.431. The standard InChI is InChI=1S/C25H23N3O3S2/c1-4-16-28(17-5-2)33(30,31)20-13-10-19(11-14-20)24(29)26-25-27(3)23-21-9-7-6-8-18(21)12-15-22(23)32-25/h4-15H,1-2,16-17H2,3H3. The Labute approximate surface area is 196 Å². The van der Waals surface area contributed by atoms with Gasteiger partial charge in [-0.05, 0) is 35.7 Å². The molecule has 4 aromatic rings. The van der Waals surface area contributed by atoms with Crippen molar-refractivity contribution in [2.24, 2.45) is 12.0 Å². The van der Waals surface area contributed by atoms with E-state index in [2.05, 4.69) is 36.3 Å². The first-order chi connectivity index (χ1) is 15.9. The number of amides is 1. The molecular formula is C25H23N3O3S2. The minimum Gasteiger partial charge on any atom is -0.319 e. The summed E-state index contributed by atoms with van der Waals surface area (Å²) in [4.78, 5) is 17.8. The van der Waals surface area contributed by atoms with Crippen LogP contribution in [-0.4, -0.2) is 36.3 Å². The van der Waals surface area contributed by atoms with Gasteiger partial charge in [0.25, 0.3) is 5.91 Å². The Hall–Kier alpha value is -3.33. The van der Waals surface area contributed by atoms with E-state index in [0.29, 0.717) is 10.4 Å². The normalized spacial score (nSPS) is 12.5. The second-order valence-electron chi connectivity index (χ2n) is 7.42. The molecule has 0 N–H and O–H groups in total. The van der Waals surface area contributed by atoms with Crippen LogP contribution in [0, 0.1) is 0 Å². The molecule has 3 aromatic carbocycles. The van der Waals surface area contributed by atoms with E-state index in [1.54, 1.807) is 0 Å². The topological polar surface area (TPSA) is 71.7 Å². The maximum Gasteiger partial charge on any atom is 0.279 e. The third kappa shape index (κ3) is 4.32. The molecule has 0 spiro atoms. The second-order valence-corrected chi connectivity index (χ2v) is 10.4. The molecule has 0 saturated heterocycles. The molecule has 33 heavy (non-hydrogen) atoms. The highest BCUT2D eigenvalue weighted by molar-refractivity contribution is 7.89. The van der Waals surface area contributed by atoms with Crippen LogP contribution in [0.25, 0.3) is 21.0 Å². The molecule has 8 heteroatoms. The van der Waals surface area contributed by atoms with E-state index < -0.39 is 15.9 Å². The van der Waals surface area contributed by atoms with Crippen LogP contribution in [-0.2, 0) is 17.1 Å². The monoisotopic (exact) mass is 477 g/mol. The Morgan fingerprint density at radius 3 is 2.36 bits per heavy atom. The highest BCUT2D eigenvalue weighted by Gasteiger charge is 2.22. The van der Waals surface area contributed by atoms with Gasteiger partial charge in [-0.15, -0.1) is 13.2 Å². The van der Waals surface area contributed by atoms with Gasteiger partial charge in [0.15, 0.2) is 4.80 Å². The minimum atomic E-state index is -3.72. The number of carbonyl (C=O) groups is 1. The molecule has 1 amide bonds. The van der Waals surface area contributed by atoms with Crippen molar-refractivity contribution in [3.8, 4) is 0 Å². The molecule has 1 heterocycles. The van der Waals surface area contributed by atoms with Crippen molar-refractivity contribution in [3.63, 3.8) is 0 Å². The summed E-state index contributed by atoms with van der Waals surface area (Å²) in [7, 11) is -1.83. The van der Waals surface area contributed by atoms with Gasteiger partial charge in [0.05, 0.1) is 15.1 Å². The Balaban J connectivity index is 1.69. The largest absolute Gasteiger partial charge is 0.319 e. The highest BCUT2D eigenvalue weighted by Crippen LogP contribution is 2.26. The Bertz CT molecular complexity index is 1540. The fourth-order valence-electron chi connectivity index (χ4n) is 3.65. The van der Waals surface area contributed by atoms with Crippen LogP contribution in [0.5, 0.6) is 0 Å². The van der Waals surface area contributed by atoms with Crippen molar-refractivity contribution in [2.45, 2.75) is 4.90 Å². The molecule has 0 aliphatic carbocycles. The van der Waals surface area contributed by atoms with E-state index in [-0.39, 0.29) is 18.0 Å². The average Bonchev–Trinajstić information content (AvgIpc) is 3.14. The van der Waals surface area contributed by atoms with Crippen LogP contribution in [0.4, 0.5) is 0 Å². The number of carbonyl (C=O) groups excluding carboxylic acids is 1. The maximum atomic E-state index is 12.9. The van der Waals surface area contributed by atoms with Crippen molar-refractivity contribution in [1.29, 1.82) is 0 Å². The number of sulfonamides is 1. The average molecular weight is 478 g/mol. The first-order valence-electron chi connectivity index (χ1n) is 10.2. The first kappa shape index (κ1) is 22.8. The van der Waals surface area contributed by atoms with Gasteiger partial charge in [-0.3, -0.25) is 4.79 Å². The van der Waals surface area contributed by atoms with E-state index in [1.807, 2.05) is 29.8 Å². The van der Waals surface area contributed by atoms with Crippen LogP contribution < -0.4 is 4.80 Å². The molecule has 0 bridgehead atoms. The molecule has 0 saturated carbocycles. The molecule has 1 aromatic heterocycles. The van der Waals surface area contributed by atoms with E-state index in [9.17, 15) is 13.2 Å². The number of fused-ring (bicyclic) bond motifs is 3. The highest BCUT2D eigenvalue weighted by atomic mass is 32.2. The second kappa shape index (κ2) is 9.27. The summed E-state index contributed by atoms with van der Waals surface area (Å²) in [5, 5.41) is 2.22. The van der Waals surface area contributed by atoms with E-state index in [1.165, 1.54) is 52.1 Å². The summed E-state index contributed by atoms with van der Waals surface area (Å²) in [5.41, 5.74) is 1.34. The summed E-state index contributed by atoms with van der Waals surface area (Å²) < 4.78 is 29.9. The van der Waals surface area contributed by atoms with Crippen molar-refractivity contribution in [3.05, 3.63) is 96.3 Å². The number of nitrogens with zero attached hydrogens (tertiary/aromatic N) is 3. The molecule has 168 valence electrons. The van der Waals surface area contributed by atoms with Crippen molar-refractivity contribution >= 4 is 48.3 Å². The zero-order valence-electron chi connectivity index (χ0n) is 18.1. The molecule has 0 aliphatic heterocycles. The van der Waals surface area contributed by atoms with Gasteiger partial charge < -0.3 is 4.57 Å². The molecule has 0 unspecified atom stereocenters. The predicted octanol–water partition coefficient (Wildman–Crippen LogP) is 4.50. The zero-order chi connectivity index (χ0) is 23.6. The van der Waals surface area contributed by atoms with Gasteiger partial charge >= 0.3 is 0 Å². The van der Waals surface area contributed by atoms with E-state index >= 15 is 0 Å². The first-order valence-corrected chi connectivity index (χ1v) is 12.5. The van der Waals surface area contributed by atoms with Crippen LogP contribution in [0.1, 0.15) is 10.4 Å². The number of benzene rings is 3. The summed E-state index contributed by atoms with van der Waals surface area (Å²) in [6.45, 7) is 7.55. The number of aryl methyl sites for hydroxylation is 1. The third-order valence-electron chi connectivity index (χ3n) is 5.29. The zero-order valence-corrected chi connectivity index (χ0v) is 19.8. The Morgan fingerprint density at radius 2 is 1.70 bits per heavy atom. The van der Waals surface area contributed by atoms with E-state index in [4.69, 9.17) is 0 Å². The summed E-state index contributed by atoms with van der Waals surface area (Å²) >= 11 is 1.44. The van der Waals surface area contributed by atoms with Gasteiger partial charge in [0.2, 0.25) is 10.0 Å². The van der Waals surface area contributed by atoms with Gasteiger partial charge in [-0.1, -0.05) is 53.8 Å². The molecule has 0 atom stereocenters. The molecule has 0 fully saturated rings. The van der Waals surface area contributed by atoms with Crippen LogP contribution in [0.2, 0.25) is 0 Å². The summed E-state index contributed by atoms with van der Waals surface area (Å²) in [6.07, 6.45) is 3.04. The van der Waals surface area contributed by atoms with Crippen molar-refractivity contribution < 1.29 is 13.2 Å². The molecule has 0 aliphatic rings. The van der Waals surface area contributed by atoms with Gasteiger partial charge in [0, 0.05) is 31.1 Å². The Kier molecular flexibility index (Phi) is 6.42. The van der Waals surface area contributed by atoms with Crippen LogP contribution in [0.15, 0.2) is 95.9 Å². The number of hydrogen-bond acceptors (Lipinski definition) is 4. The van der Waals surface area contributed by atoms with Crippen LogP contribution >= 0.6 is 11.3 Å². The molecular weight excluding hydrogens is 454 g/mol. The fraction of sp³-hybridized carbons (Fsp3) is 0.120. The lowest BCUT2D eigenvalue weighted by Crippen LogP contribution is -2.31. The molecule has 0 radical (unpaired) electrons. The SMILES string of the molecule is C=CCN(CC=C)S(=O)(=O)c1ccc(C(=O)N=c2sc3ccc4ccccc4c3n2C)cc1. The van der Waals surface area contributed by atoms with Gasteiger partial charge in [-0.2, -0.15) is 9.30 Å². The van der Waals surface area contributed by atoms with Crippen molar-refractivity contribution in [2.75, 3.05) is 13.1 Å². The predicted molar refractivity (Wildman–Crippen MR) is 134 cm³/mol. The molecule has 6 nitrogen and oxygen atoms in total. The lowest BCUT2D eigenvalue weighted by Gasteiger charge is -2.19. The third-order valence-corrected chi connectivity index (χ3v) is 8.23. The quantitative estimate of drug-likeness (QED) is 0.368. The maximum absolute atomic E-state index is 12.9. The molecule has 4 rings (SSSR count). The fourth-order valence-corrected chi connectivity index (χ4v) is 6.07. The summed E-state index contributed by atoms with van der Waals surface area (Å²) in [6, 6.07) is 18.0. The van der Waals surface area contributed by atoms with Gasteiger partial charge in [-0.25, -0.2) is 8.42 Å². The smallest absolute Gasteiger partial charge is 0.279 e. The number of rotatable bonds is 7. The minimum absolute atomic E-state index is 0.0987. The lowest BCUT2D eigenvalue weighted by atomic mass is 10.1. The Morgan fingerprint density at radius 1 is 1.03 bits per heavy atom. The van der Waals surface area contributed by atoms with Gasteiger partial charge in [0.1, 0.15) is 0 Å². The van der Waals surface area contributed by atoms with Crippen LogP contribution in [0.3, 0.4) is 0 Å². The van der Waals surface area contributed by atoms with E-state index in [0.717, 1.165) is 21.0 Å². The van der Waals surface area contributed by atoms with Crippen molar-refractivity contribution in [1.82, 2.24) is 8.87 Å².